The summed E-state index contributed by atoms with van der Waals surface area (Å²) in [7, 11) is 0. The van der Waals surface area contributed by atoms with Gasteiger partial charge in [0.1, 0.15) is 0 Å². The van der Waals surface area contributed by atoms with Gasteiger partial charge in [-0.3, -0.25) is 4.98 Å². The first kappa shape index (κ1) is 11.2. The minimum absolute atomic E-state index is 0.582. The average molecular weight is 215 g/mol. The van der Waals surface area contributed by atoms with E-state index in [1.54, 1.807) is 12.4 Å². The number of hydrogen-bond acceptors (Lipinski definition) is 4. The van der Waals surface area contributed by atoms with Gasteiger partial charge in [0.05, 0.1) is 10.7 Å². The van der Waals surface area contributed by atoms with E-state index in [0.29, 0.717) is 18.1 Å². The van der Waals surface area contributed by atoms with Gasteiger partial charge >= 0.3 is 0 Å². The first-order chi connectivity index (χ1) is 6.79. The van der Waals surface area contributed by atoms with Gasteiger partial charge in [0.15, 0.2) is 0 Å². The van der Waals surface area contributed by atoms with Crippen LogP contribution in [0.5, 0.6) is 0 Å². The molecule has 0 amide bonds. The van der Waals surface area contributed by atoms with E-state index in [1.807, 2.05) is 6.07 Å². The van der Waals surface area contributed by atoms with Crippen LogP contribution in [0.2, 0.25) is 5.02 Å². The highest BCUT2D eigenvalue weighted by atomic mass is 35.5. The lowest BCUT2D eigenvalue weighted by Gasteiger charge is -2.24. The van der Waals surface area contributed by atoms with E-state index < -0.39 is 0 Å². The quantitative estimate of drug-likeness (QED) is 0.747. The van der Waals surface area contributed by atoms with Crippen LogP contribution in [0.25, 0.3) is 0 Å². The number of nitrogens with two attached hydrogens (primary N) is 2. The normalized spacial score (nSPS) is 10.2. The summed E-state index contributed by atoms with van der Waals surface area (Å²) in [6.07, 6.45) is 3.33. The molecule has 0 aliphatic carbocycles. The standard InChI is InChI=1S/C9H15ClN4/c10-8-7-13-4-1-9(8)14(5-2-11)6-3-12/h1,4,7H,2-3,5-6,11-12H2. The molecular weight excluding hydrogens is 200 g/mol. The number of hydrogen-bond donors (Lipinski definition) is 2. The molecule has 78 valence electrons. The maximum absolute atomic E-state index is 6.00. The van der Waals surface area contributed by atoms with Crippen LogP contribution in [0.3, 0.4) is 0 Å². The first-order valence-corrected chi connectivity index (χ1v) is 4.92. The summed E-state index contributed by atoms with van der Waals surface area (Å²) in [6, 6.07) is 1.87. The minimum Gasteiger partial charge on any atom is -0.368 e. The summed E-state index contributed by atoms with van der Waals surface area (Å²) in [4.78, 5) is 5.99. The number of pyridine rings is 1. The second-order valence-electron chi connectivity index (χ2n) is 2.89. The van der Waals surface area contributed by atoms with Crippen LogP contribution in [0.1, 0.15) is 0 Å². The number of nitrogens with zero attached hydrogens (tertiary/aromatic N) is 2. The van der Waals surface area contributed by atoms with Crippen LogP contribution in [-0.2, 0) is 0 Å². The Morgan fingerprint density at radius 1 is 1.29 bits per heavy atom. The average Bonchev–Trinajstić information content (AvgIpc) is 2.18. The smallest absolute Gasteiger partial charge is 0.0822 e. The largest absolute Gasteiger partial charge is 0.368 e. The Bertz CT molecular complexity index is 273. The molecule has 0 radical (unpaired) electrons. The van der Waals surface area contributed by atoms with Crippen molar-refractivity contribution in [2.75, 3.05) is 31.1 Å². The summed E-state index contributed by atoms with van der Waals surface area (Å²) in [5.74, 6) is 0. The van der Waals surface area contributed by atoms with Crippen LogP contribution in [0.4, 0.5) is 5.69 Å². The maximum atomic E-state index is 6.00. The Morgan fingerprint density at radius 3 is 2.43 bits per heavy atom. The van der Waals surface area contributed by atoms with Crippen LogP contribution in [0.15, 0.2) is 18.5 Å². The van der Waals surface area contributed by atoms with Crippen molar-refractivity contribution in [3.8, 4) is 0 Å². The van der Waals surface area contributed by atoms with E-state index >= 15 is 0 Å². The molecule has 5 heteroatoms. The molecule has 0 aliphatic rings. The van der Waals surface area contributed by atoms with Crippen LogP contribution < -0.4 is 16.4 Å². The fraction of sp³-hybridized carbons (Fsp3) is 0.444. The molecule has 1 heterocycles. The molecule has 0 spiro atoms. The second-order valence-corrected chi connectivity index (χ2v) is 3.30. The zero-order valence-corrected chi connectivity index (χ0v) is 8.74. The van der Waals surface area contributed by atoms with Crippen molar-refractivity contribution in [1.29, 1.82) is 0 Å². The van der Waals surface area contributed by atoms with Gasteiger partial charge in [-0.1, -0.05) is 11.6 Å². The van der Waals surface area contributed by atoms with Crippen molar-refractivity contribution in [3.05, 3.63) is 23.5 Å². The number of halogens is 1. The summed E-state index contributed by atoms with van der Waals surface area (Å²) in [6.45, 7) is 2.67. The summed E-state index contributed by atoms with van der Waals surface area (Å²) < 4.78 is 0. The Hall–Kier alpha value is -0.840. The summed E-state index contributed by atoms with van der Waals surface area (Å²) >= 11 is 6.00. The molecule has 0 aliphatic heterocycles. The van der Waals surface area contributed by atoms with Crippen molar-refractivity contribution in [2.24, 2.45) is 11.5 Å². The van der Waals surface area contributed by atoms with E-state index in [0.717, 1.165) is 18.8 Å². The van der Waals surface area contributed by atoms with Crippen molar-refractivity contribution >= 4 is 17.3 Å². The molecule has 0 aromatic carbocycles. The molecule has 0 fully saturated rings. The van der Waals surface area contributed by atoms with E-state index in [2.05, 4.69) is 9.88 Å². The van der Waals surface area contributed by atoms with Gasteiger partial charge in [0, 0.05) is 38.6 Å². The molecule has 0 bridgehead atoms. The van der Waals surface area contributed by atoms with Gasteiger partial charge < -0.3 is 16.4 Å². The first-order valence-electron chi connectivity index (χ1n) is 4.54. The Balaban J connectivity index is 2.81. The van der Waals surface area contributed by atoms with E-state index in [1.165, 1.54) is 0 Å². The Morgan fingerprint density at radius 2 is 1.93 bits per heavy atom. The molecule has 4 N–H and O–H groups in total. The Kier molecular flexibility index (Phi) is 4.65. The predicted molar refractivity (Wildman–Crippen MR) is 59.6 cm³/mol. The second kappa shape index (κ2) is 5.80. The zero-order chi connectivity index (χ0) is 10.4. The summed E-state index contributed by atoms with van der Waals surface area (Å²) in [5.41, 5.74) is 12.0. The molecule has 4 nitrogen and oxygen atoms in total. The van der Waals surface area contributed by atoms with Gasteiger partial charge in [0.2, 0.25) is 0 Å². The van der Waals surface area contributed by atoms with E-state index in [4.69, 9.17) is 23.1 Å². The highest BCUT2D eigenvalue weighted by Gasteiger charge is 2.07. The molecule has 14 heavy (non-hydrogen) atoms. The molecular formula is C9H15ClN4. The van der Waals surface area contributed by atoms with Gasteiger partial charge in [-0.25, -0.2) is 0 Å². The van der Waals surface area contributed by atoms with E-state index in [9.17, 15) is 0 Å². The predicted octanol–water partition coefficient (Wildman–Crippen LogP) is 0.459. The highest BCUT2D eigenvalue weighted by Crippen LogP contribution is 2.23. The number of aromatic nitrogens is 1. The van der Waals surface area contributed by atoms with Crippen LogP contribution in [-0.4, -0.2) is 31.2 Å². The lowest BCUT2D eigenvalue weighted by molar-refractivity contribution is 0.782. The van der Waals surface area contributed by atoms with Gasteiger partial charge in [-0.2, -0.15) is 0 Å². The molecule has 0 unspecified atom stereocenters. The van der Waals surface area contributed by atoms with Gasteiger partial charge in [-0.05, 0) is 6.07 Å². The van der Waals surface area contributed by atoms with E-state index in [-0.39, 0.29) is 0 Å². The molecule has 0 saturated heterocycles. The Labute approximate surface area is 88.9 Å². The molecule has 1 aromatic rings. The molecule has 0 saturated carbocycles. The lowest BCUT2D eigenvalue weighted by atomic mass is 10.3. The topological polar surface area (TPSA) is 68.2 Å². The lowest BCUT2D eigenvalue weighted by Crippen LogP contribution is -2.34. The third kappa shape index (κ3) is 2.83. The number of anilines is 1. The monoisotopic (exact) mass is 214 g/mol. The third-order valence-electron chi connectivity index (χ3n) is 1.89. The molecule has 0 atom stereocenters. The highest BCUT2D eigenvalue weighted by molar-refractivity contribution is 6.33. The van der Waals surface area contributed by atoms with Crippen molar-refractivity contribution in [1.82, 2.24) is 4.98 Å². The molecule has 1 rings (SSSR count). The maximum Gasteiger partial charge on any atom is 0.0822 e. The van der Waals surface area contributed by atoms with Crippen molar-refractivity contribution < 1.29 is 0 Å². The van der Waals surface area contributed by atoms with Crippen molar-refractivity contribution in [3.63, 3.8) is 0 Å². The fourth-order valence-electron chi connectivity index (χ4n) is 1.29. The van der Waals surface area contributed by atoms with Crippen LogP contribution >= 0.6 is 11.6 Å². The van der Waals surface area contributed by atoms with Gasteiger partial charge in [-0.15, -0.1) is 0 Å². The number of rotatable bonds is 5. The van der Waals surface area contributed by atoms with Crippen molar-refractivity contribution in [2.45, 2.75) is 0 Å². The fourth-order valence-corrected chi connectivity index (χ4v) is 1.53. The minimum atomic E-state index is 0.582. The summed E-state index contributed by atoms with van der Waals surface area (Å²) in [5, 5.41) is 0.634. The van der Waals surface area contributed by atoms with Gasteiger partial charge in [0.25, 0.3) is 0 Å². The zero-order valence-electron chi connectivity index (χ0n) is 7.99. The van der Waals surface area contributed by atoms with Crippen LogP contribution in [0, 0.1) is 0 Å². The molecule has 1 aromatic heterocycles. The third-order valence-corrected chi connectivity index (χ3v) is 2.18. The SMILES string of the molecule is NCCN(CCN)c1ccncc1Cl.